The zero-order valence-corrected chi connectivity index (χ0v) is 13.9. The number of rotatable bonds is 6. The molecule has 0 unspecified atom stereocenters. The lowest BCUT2D eigenvalue weighted by Crippen LogP contribution is -2.39. The highest BCUT2D eigenvalue weighted by Gasteiger charge is 2.12. The van der Waals surface area contributed by atoms with Gasteiger partial charge in [-0.1, -0.05) is 40.5 Å². The van der Waals surface area contributed by atoms with E-state index in [0.29, 0.717) is 13.1 Å². The van der Waals surface area contributed by atoms with Gasteiger partial charge in [0.25, 0.3) is 0 Å². The number of nitrogens with zero attached hydrogens (tertiary/aromatic N) is 1. The third-order valence-corrected chi connectivity index (χ3v) is 3.52. The summed E-state index contributed by atoms with van der Waals surface area (Å²) >= 11 is 9.58. The van der Waals surface area contributed by atoms with Crippen molar-refractivity contribution in [3.05, 3.63) is 33.3 Å². The molecule has 0 aliphatic heterocycles. The molecule has 0 aliphatic carbocycles. The van der Waals surface area contributed by atoms with Crippen LogP contribution >= 0.6 is 27.5 Å². The van der Waals surface area contributed by atoms with E-state index in [1.54, 1.807) is 0 Å². The van der Waals surface area contributed by atoms with Gasteiger partial charge < -0.3 is 5.32 Å². The Morgan fingerprint density at radius 1 is 1.47 bits per heavy atom. The van der Waals surface area contributed by atoms with Gasteiger partial charge in [-0.05, 0) is 38.1 Å². The van der Waals surface area contributed by atoms with Crippen LogP contribution in [0, 0.1) is 0 Å². The fraction of sp³-hybridized carbons (Fsp3) is 0.500. The number of nitrogens with one attached hydrogen (secondary N) is 1. The molecule has 0 aliphatic rings. The van der Waals surface area contributed by atoms with Gasteiger partial charge in [-0.15, -0.1) is 0 Å². The summed E-state index contributed by atoms with van der Waals surface area (Å²) in [4.78, 5) is 13.8. The average molecular weight is 348 g/mol. The molecule has 106 valence electrons. The van der Waals surface area contributed by atoms with Gasteiger partial charge in [0, 0.05) is 22.1 Å². The first-order valence-electron chi connectivity index (χ1n) is 6.38. The number of hydrogen-bond donors (Lipinski definition) is 1. The highest BCUT2D eigenvalue weighted by atomic mass is 79.9. The summed E-state index contributed by atoms with van der Waals surface area (Å²) in [5, 5.41) is 3.62. The molecule has 0 saturated carbocycles. The molecule has 0 radical (unpaired) electrons. The van der Waals surface area contributed by atoms with Crippen molar-refractivity contribution in [3.63, 3.8) is 0 Å². The normalized spacial score (nSPS) is 11.1. The first-order valence-corrected chi connectivity index (χ1v) is 7.55. The van der Waals surface area contributed by atoms with E-state index in [1.165, 1.54) is 0 Å². The number of hydrogen-bond acceptors (Lipinski definition) is 2. The second-order valence-corrected chi connectivity index (χ2v) is 6.08. The van der Waals surface area contributed by atoms with Crippen LogP contribution in [-0.4, -0.2) is 29.9 Å². The zero-order chi connectivity index (χ0) is 14.4. The van der Waals surface area contributed by atoms with E-state index in [0.717, 1.165) is 21.6 Å². The third kappa shape index (κ3) is 5.93. The number of likely N-dealkylation sites (N-methyl/N-ethyl adjacent to an activating group) is 1. The summed E-state index contributed by atoms with van der Waals surface area (Å²) in [6, 6.07) is 5.99. The van der Waals surface area contributed by atoms with E-state index in [4.69, 9.17) is 11.6 Å². The molecule has 0 saturated heterocycles. The summed E-state index contributed by atoms with van der Waals surface area (Å²) in [6.45, 7) is 7.82. The van der Waals surface area contributed by atoms with Gasteiger partial charge >= 0.3 is 0 Å². The van der Waals surface area contributed by atoms with Gasteiger partial charge in [-0.25, -0.2) is 0 Å². The molecule has 0 fully saturated rings. The maximum absolute atomic E-state index is 11.8. The highest BCUT2D eigenvalue weighted by molar-refractivity contribution is 9.10. The largest absolute Gasteiger partial charge is 0.353 e. The standard InChI is InChI=1S/C14H20BrClN2O/c1-4-18(9-14(19)17-10(2)3)8-11-5-6-12(15)7-13(11)16/h5-7,10H,4,8-9H2,1-3H3,(H,17,19). The molecule has 3 nitrogen and oxygen atoms in total. The summed E-state index contributed by atoms with van der Waals surface area (Å²) in [7, 11) is 0. The van der Waals surface area contributed by atoms with Crippen molar-refractivity contribution in [2.75, 3.05) is 13.1 Å². The number of carbonyl (C=O) groups excluding carboxylic acids is 1. The molecule has 0 heterocycles. The molecule has 1 aromatic carbocycles. The van der Waals surface area contributed by atoms with Crippen molar-refractivity contribution in [3.8, 4) is 0 Å². The summed E-state index contributed by atoms with van der Waals surface area (Å²) in [5.41, 5.74) is 1.03. The zero-order valence-electron chi connectivity index (χ0n) is 11.5. The molecule has 0 atom stereocenters. The quantitative estimate of drug-likeness (QED) is 0.855. The molecular weight excluding hydrogens is 328 g/mol. The second-order valence-electron chi connectivity index (χ2n) is 4.76. The number of carbonyl (C=O) groups is 1. The molecule has 5 heteroatoms. The Kier molecular flexibility index (Phi) is 6.83. The van der Waals surface area contributed by atoms with Crippen LogP contribution in [0.15, 0.2) is 22.7 Å². The molecule has 1 aromatic rings. The van der Waals surface area contributed by atoms with Crippen LogP contribution in [-0.2, 0) is 11.3 Å². The van der Waals surface area contributed by atoms with Crippen molar-refractivity contribution < 1.29 is 4.79 Å². The Morgan fingerprint density at radius 2 is 2.16 bits per heavy atom. The number of amides is 1. The topological polar surface area (TPSA) is 32.3 Å². The minimum Gasteiger partial charge on any atom is -0.353 e. The van der Waals surface area contributed by atoms with E-state index < -0.39 is 0 Å². The summed E-state index contributed by atoms with van der Waals surface area (Å²) < 4.78 is 0.960. The first-order chi connectivity index (χ1) is 8.92. The molecule has 1 rings (SSSR count). The summed E-state index contributed by atoms with van der Waals surface area (Å²) in [6.07, 6.45) is 0. The lowest BCUT2D eigenvalue weighted by molar-refractivity contribution is -0.122. The van der Waals surface area contributed by atoms with Crippen LogP contribution in [0.2, 0.25) is 5.02 Å². The van der Waals surface area contributed by atoms with Crippen molar-refractivity contribution in [1.82, 2.24) is 10.2 Å². The van der Waals surface area contributed by atoms with Crippen molar-refractivity contribution in [2.24, 2.45) is 0 Å². The molecule has 0 aromatic heterocycles. The van der Waals surface area contributed by atoms with Gasteiger partial charge in [0.15, 0.2) is 0 Å². The number of benzene rings is 1. The third-order valence-electron chi connectivity index (χ3n) is 2.67. The van der Waals surface area contributed by atoms with Crippen LogP contribution in [0.25, 0.3) is 0 Å². The SMILES string of the molecule is CCN(CC(=O)NC(C)C)Cc1ccc(Br)cc1Cl. The molecular formula is C14H20BrClN2O. The molecule has 0 spiro atoms. The van der Waals surface area contributed by atoms with Gasteiger partial charge in [0.2, 0.25) is 5.91 Å². The van der Waals surface area contributed by atoms with Crippen LogP contribution in [0.3, 0.4) is 0 Å². The van der Waals surface area contributed by atoms with E-state index in [2.05, 4.69) is 26.1 Å². The van der Waals surface area contributed by atoms with E-state index >= 15 is 0 Å². The van der Waals surface area contributed by atoms with Crippen molar-refractivity contribution in [2.45, 2.75) is 33.4 Å². The maximum Gasteiger partial charge on any atom is 0.234 e. The fourth-order valence-electron chi connectivity index (χ4n) is 1.74. The van der Waals surface area contributed by atoms with Crippen molar-refractivity contribution in [1.29, 1.82) is 0 Å². The van der Waals surface area contributed by atoms with Crippen LogP contribution in [0.4, 0.5) is 0 Å². The number of halogens is 2. The van der Waals surface area contributed by atoms with Crippen LogP contribution < -0.4 is 5.32 Å². The minimum absolute atomic E-state index is 0.0464. The fourth-order valence-corrected chi connectivity index (χ4v) is 2.47. The Morgan fingerprint density at radius 3 is 2.68 bits per heavy atom. The Hall–Kier alpha value is -0.580. The maximum atomic E-state index is 11.8. The predicted octanol–water partition coefficient (Wildman–Crippen LogP) is 3.45. The van der Waals surface area contributed by atoms with E-state index in [9.17, 15) is 4.79 Å². The van der Waals surface area contributed by atoms with Gasteiger partial charge in [-0.2, -0.15) is 0 Å². The smallest absolute Gasteiger partial charge is 0.234 e. The highest BCUT2D eigenvalue weighted by Crippen LogP contribution is 2.22. The van der Waals surface area contributed by atoms with E-state index in [-0.39, 0.29) is 11.9 Å². The minimum atomic E-state index is 0.0464. The van der Waals surface area contributed by atoms with Crippen LogP contribution in [0.5, 0.6) is 0 Å². The first kappa shape index (κ1) is 16.5. The second kappa shape index (κ2) is 7.88. The lowest BCUT2D eigenvalue weighted by Gasteiger charge is -2.21. The molecule has 0 bridgehead atoms. The van der Waals surface area contributed by atoms with E-state index in [1.807, 2.05) is 39.0 Å². The lowest BCUT2D eigenvalue weighted by atomic mass is 10.2. The van der Waals surface area contributed by atoms with Gasteiger partial charge in [0.1, 0.15) is 0 Å². The predicted molar refractivity (Wildman–Crippen MR) is 83.4 cm³/mol. The Balaban J connectivity index is 2.63. The monoisotopic (exact) mass is 346 g/mol. The molecule has 1 amide bonds. The Bertz CT molecular complexity index is 437. The van der Waals surface area contributed by atoms with Crippen LogP contribution in [0.1, 0.15) is 26.3 Å². The van der Waals surface area contributed by atoms with Gasteiger partial charge in [0.05, 0.1) is 6.54 Å². The average Bonchev–Trinajstić information content (AvgIpc) is 2.30. The van der Waals surface area contributed by atoms with Crippen molar-refractivity contribution >= 4 is 33.4 Å². The summed E-state index contributed by atoms with van der Waals surface area (Å²) in [5.74, 6) is 0.0464. The Labute approximate surface area is 128 Å². The van der Waals surface area contributed by atoms with Gasteiger partial charge in [-0.3, -0.25) is 9.69 Å². The molecule has 1 N–H and O–H groups in total. The molecule has 19 heavy (non-hydrogen) atoms.